The van der Waals surface area contributed by atoms with Crippen LogP contribution in [0, 0.1) is 0 Å². The zero-order valence-electron chi connectivity index (χ0n) is 10.3. The van der Waals surface area contributed by atoms with Gasteiger partial charge in [-0.15, -0.1) is 0 Å². The predicted octanol–water partition coefficient (Wildman–Crippen LogP) is 2.77. The molecule has 0 spiro atoms. The van der Waals surface area contributed by atoms with Crippen molar-refractivity contribution in [3.05, 3.63) is 30.3 Å². The second kappa shape index (κ2) is 5.97. The molecule has 0 aromatic heterocycles. The number of rotatable bonds is 6. The van der Waals surface area contributed by atoms with Crippen LogP contribution in [-0.2, 0) is 18.7 Å². The van der Waals surface area contributed by atoms with E-state index < -0.39 is 23.4 Å². The summed E-state index contributed by atoms with van der Waals surface area (Å²) < 4.78 is 40.1. The van der Waals surface area contributed by atoms with E-state index >= 15 is 0 Å². The molecule has 0 fully saturated rings. The van der Waals surface area contributed by atoms with Crippen LogP contribution < -0.4 is 0 Å². The molecule has 5 nitrogen and oxygen atoms in total. The Bertz CT molecular complexity index is 522. The van der Waals surface area contributed by atoms with Gasteiger partial charge in [0.1, 0.15) is 0 Å². The summed E-state index contributed by atoms with van der Waals surface area (Å²) in [6, 6.07) is 7.34. The molecule has 1 rings (SSSR count). The van der Waals surface area contributed by atoms with Gasteiger partial charge in [-0.3, -0.25) is 4.57 Å². The van der Waals surface area contributed by atoms with Crippen molar-refractivity contribution in [2.45, 2.75) is 37.2 Å². The van der Waals surface area contributed by atoms with E-state index in [1.165, 1.54) is 24.3 Å². The van der Waals surface area contributed by atoms with Gasteiger partial charge in [0, 0.05) is 0 Å². The smallest absolute Gasteiger partial charge is 0.323 e. The molecule has 1 atom stereocenters. The van der Waals surface area contributed by atoms with Gasteiger partial charge in [-0.25, -0.2) is 0 Å². The number of benzene rings is 1. The zero-order chi connectivity index (χ0) is 13.8. The predicted molar refractivity (Wildman–Crippen MR) is 68.9 cm³/mol. The Hall–Kier alpha value is -0.680. The average molecular weight is 293 g/mol. The second-order valence-electron chi connectivity index (χ2n) is 3.88. The van der Waals surface area contributed by atoms with E-state index in [-0.39, 0.29) is 4.90 Å². The number of hydrogen-bond donors (Lipinski definition) is 1. The molecule has 1 aromatic carbocycles. The van der Waals surface area contributed by atoms with Crippen molar-refractivity contribution in [2.75, 3.05) is 0 Å². The van der Waals surface area contributed by atoms with Gasteiger partial charge in [-0.2, -0.15) is 12.4 Å². The van der Waals surface area contributed by atoms with E-state index in [1.807, 2.05) is 0 Å². The van der Waals surface area contributed by atoms with Crippen molar-refractivity contribution in [2.24, 2.45) is 0 Å². The summed E-state index contributed by atoms with van der Waals surface area (Å²) in [6.07, 6.45) is 0.767. The zero-order valence-corrected chi connectivity index (χ0v) is 12.0. The largest absolute Gasteiger partial charge is 0.345 e. The lowest BCUT2D eigenvalue weighted by Gasteiger charge is -2.19. The van der Waals surface area contributed by atoms with Crippen molar-refractivity contribution < 1.29 is 21.8 Å². The first kappa shape index (κ1) is 15.4. The maximum atomic E-state index is 11.9. The summed E-state index contributed by atoms with van der Waals surface area (Å²) in [4.78, 5) is 9.61. The molecule has 18 heavy (non-hydrogen) atoms. The van der Waals surface area contributed by atoms with E-state index in [0.29, 0.717) is 12.8 Å². The molecule has 0 bridgehead atoms. The first-order valence-electron chi connectivity index (χ1n) is 5.67. The molecule has 0 radical (unpaired) electrons. The quantitative estimate of drug-likeness (QED) is 0.816. The van der Waals surface area contributed by atoms with Gasteiger partial charge in [0.2, 0.25) is 0 Å². The molecule has 102 valence electrons. The summed E-state index contributed by atoms with van der Waals surface area (Å²) in [5, 5.41) is 0. The molecule has 0 aliphatic carbocycles. The summed E-state index contributed by atoms with van der Waals surface area (Å²) in [5.41, 5.74) is -0.670. The normalized spacial score (nSPS) is 15.6. The SMILES string of the molecule is CCC(CC)P(=O)(O)OS(=O)(=O)[13c]1ccccc1. The van der Waals surface area contributed by atoms with Crippen molar-refractivity contribution in [3.63, 3.8) is 0 Å². The molecule has 1 N–H and O–H groups in total. The molecular formula is C11H17O5PS. The molecule has 0 amide bonds. The highest BCUT2D eigenvalue weighted by Crippen LogP contribution is 2.52. The van der Waals surface area contributed by atoms with Crippen LogP contribution in [0.4, 0.5) is 0 Å². The maximum Gasteiger partial charge on any atom is 0.345 e. The third-order valence-electron chi connectivity index (χ3n) is 2.64. The van der Waals surface area contributed by atoms with Crippen LogP contribution in [0.25, 0.3) is 0 Å². The van der Waals surface area contributed by atoms with Crippen LogP contribution in [0.2, 0.25) is 0 Å². The minimum Gasteiger partial charge on any atom is -0.323 e. The molecule has 0 saturated carbocycles. The summed E-state index contributed by atoms with van der Waals surface area (Å²) >= 11 is 0. The molecule has 0 aliphatic rings. The standard InChI is InChI=1S/C11H17O5PS/c1-3-10(4-2)17(12,13)16-18(14,15)11-8-6-5-7-9-11/h5-10H,3-4H2,1-2H3,(H,12,13)/i11+1. The molecular weight excluding hydrogens is 276 g/mol. The van der Waals surface area contributed by atoms with Gasteiger partial charge in [0.05, 0.1) is 10.6 Å². The first-order valence-corrected chi connectivity index (χ1v) is 8.72. The van der Waals surface area contributed by atoms with E-state index in [1.54, 1.807) is 19.9 Å². The van der Waals surface area contributed by atoms with Crippen LogP contribution in [0.5, 0.6) is 0 Å². The molecule has 0 aliphatic heterocycles. The Kier molecular flexibility index (Phi) is 5.10. The third kappa shape index (κ3) is 3.65. The number of hydrogen-bond acceptors (Lipinski definition) is 4. The van der Waals surface area contributed by atoms with Crippen molar-refractivity contribution >= 4 is 17.7 Å². The fourth-order valence-corrected chi connectivity index (χ4v) is 4.95. The minimum absolute atomic E-state index is 0.120. The lowest BCUT2D eigenvalue weighted by molar-refractivity contribution is 0.359. The van der Waals surface area contributed by atoms with Gasteiger partial charge >= 0.3 is 17.7 Å². The fraction of sp³-hybridized carbons (Fsp3) is 0.455. The molecule has 0 saturated heterocycles. The third-order valence-corrected chi connectivity index (χ3v) is 6.78. The molecule has 1 unspecified atom stereocenters. The summed E-state index contributed by atoms with van der Waals surface area (Å²) in [5.74, 6) is 0. The average Bonchev–Trinajstić information content (AvgIpc) is 2.30. The Balaban J connectivity index is 3.00. The second-order valence-corrected chi connectivity index (χ2v) is 7.71. The Morgan fingerprint density at radius 2 is 1.72 bits per heavy atom. The summed E-state index contributed by atoms with van der Waals surface area (Å²) in [7, 11) is -8.37. The van der Waals surface area contributed by atoms with E-state index in [2.05, 4.69) is 3.97 Å². The Morgan fingerprint density at radius 1 is 1.22 bits per heavy atom. The lowest BCUT2D eigenvalue weighted by Crippen LogP contribution is -2.13. The topological polar surface area (TPSA) is 80.7 Å². The van der Waals surface area contributed by atoms with Gasteiger partial charge in [0.25, 0.3) is 0 Å². The van der Waals surface area contributed by atoms with Gasteiger partial charge in [-0.05, 0) is 25.0 Å². The maximum absolute atomic E-state index is 11.9. The Morgan fingerprint density at radius 3 is 2.17 bits per heavy atom. The van der Waals surface area contributed by atoms with Crippen LogP contribution >= 0.6 is 7.60 Å². The molecule has 1 aromatic rings. The van der Waals surface area contributed by atoms with E-state index in [0.717, 1.165) is 0 Å². The van der Waals surface area contributed by atoms with Crippen molar-refractivity contribution in [3.8, 4) is 0 Å². The van der Waals surface area contributed by atoms with Gasteiger partial charge < -0.3 is 4.89 Å². The summed E-state index contributed by atoms with van der Waals surface area (Å²) in [6.45, 7) is 3.44. The Labute approximate surface area is 107 Å². The van der Waals surface area contributed by atoms with E-state index in [4.69, 9.17) is 0 Å². The van der Waals surface area contributed by atoms with Crippen molar-refractivity contribution in [1.82, 2.24) is 0 Å². The van der Waals surface area contributed by atoms with Crippen LogP contribution in [0.1, 0.15) is 26.7 Å². The van der Waals surface area contributed by atoms with Crippen molar-refractivity contribution in [1.29, 1.82) is 0 Å². The highest BCUT2D eigenvalue weighted by molar-refractivity contribution is 7.91. The van der Waals surface area contributed by atoms with Gasteiger partial charge in [-0.1, -0.05) is 32.0 Å². The highest BCUT2D eigenvalue weighted by Gasteiger charge is 2.35. The van der Waals surface area contributed by atoms with Gasteiger partial charge in [0.15, 0.2) is 0 Å². The molecule has 7 heteroatoms. The highest BCUT2D eigenvalue weighted by atomic mass is 32.2. The lowest BCUT2D eigenvalue weighted by atomic mass is 10.3. The monoisotopic (exact) mass is 293 g/mol. The van der Waals surface area contributed by atoms with Crippen LogP contribution in [0.15, 0.2) is 35.2 Å². The van der Waals surface area contributed by atoms with Crippen LogP contribution in [0.3, 0.4) is 0 Å². The first-order chi connectivity index (χ1) is 8.33. The van der Waals surface area contributed by atoms with Crippen LogP contribution in [-0.4, -0.2) is 19.0 Å². The fourth-order valence-electron chi connectivity index (χ4n) is 1.58. The van der Waals surface area contributed by atoms with E-state index in [9.17, 15) is 17.9 Å². The minimum atomic E-state index is -4.20. The molecule has 0 heterocycles.